The summed E-state index contributed by atoms with van der Waals surface area (Å²) in [4.78, 5) is 11.7. The highest BCUT2D eigenvalue weighted by Crippen LogP contribution is 2.39. The van der Waals surface area contributed by atoms with Gasteiger partial charge in [0.05, 0.1) is 21.3 Å². The molecule has 0 atom stereocenters. The molecule has 0 radical (unpaired) electrons. The highest BCUT2D eigenvalue weighted by molar-refractivity contribution is 5.85. The Kier molecular flexibility index (Phi) is 11.0. The molecule has 0 aliphatic heterocycles. The van der Waals surface area contributed by atoms with E-state index >= 15 is 0 Å². The Morgan fingerprint density at radius 1 is 1.04 bits per heavy atom. The molecule has 2 N–H and O–H groups in total. The smallest absolute Gasteiger partial charge is 0.220 e. The van der Waals surface area contributed by atoms with E-state index < -0.39 is 0 Å². The molecule has 0 aliphatic rings. The van der Waals surface area contributed by atoms with Crippen molar-refractivity contribution in [2.75, 3.05) is 41.5 Å². The third-order valence-corrected chi connectivity index (χ3v) is 3.33. The fourth-order valence-corrected chi connectivity index (χ4v) is 2.21. The van der Waals surface area contributed by atoms with Crippen LogP contribution in [0.25, 0.3) is 0 Å². The van der Waals surface area contributed by atoms with Gasteiger partial charge in [-0.25, -0.2) is 0 Å². The quantitative estimate of drug-likeness (QED) is 0.632. The number of carbonyl (C=O) groups is 1. The summed E-state index contributed by atoms with van der Waals surface area (Å²) >= 11 is 0. The first-order valence-corrected chi connectivity index (χ1v) is 7.37. The second-order valence-corrected chi connectivity index (χ2v) is 4.80. The van der Waals surface area contributed by atoms with E-state index in [1.807, 2.05) is 19.2 Å². The van der Waals surface area contributed by atoms with Gasteiger partial charge in [0.15, 0.2) is 11.5 Å². The summed E-state index contributed by atoms with van der Waals surface area (Å²) in [5, 5.41) is 5.93. The molecule has 1 aromatic rings. The van der Waals surface area contributed by atoms with Crippen LogP contribution in [-0.4, -0.2) is 47.4 Å². The lowest BCUT2D eigenvalue weighted by Crippen LogP contribution is -2.26. The zero-order chi connectivity index (χ0) is 16.4. The van der Waals surface area contributed by atoms with Gasteiger partial charge in [-0.15, -0.1) is 12.4 Å². The topological polar surface area (TPSA) is 68.8 Å². The summed E-state index contributed by atoms with van der Waals surface area (Å²) in [6, 6.07) is 3.76. The monoisotopic (exact) mass is 346 g/mol. The van der Waals surface area contributed by atoms with Crippen molar-refractivity contribution in [3.8, 4) is 17.2 Å². The number of amides is 1. The minimum absolute atomic E-state index is 0. The van der Waals surface area contributed by atoms with E-state index in [1.165, 1.54) is 0 Å². The number of methoxy groups -OCH3 is 3. The van der Waals surface area contributed by atoms with Crippen molar-refractivity contribution in [2.45, 2.75) is 19.3 Å². The first kappa shape index (κ1) is 21.3. The van der Waals surface area contributed by atoms with Gasteiger partial charge in [-0.1, -0.05) is 6.07 Å². The third kappa shape index (κ3) is 6.54. The number of carbonyl (C=O) groups excluding carboxylic acids is 1. The molecule has 1 amide bonds. The second-order valence-electron chi connectivity index (χ2n) is 4.80. The van der Waals surface area contributed by atoms with Crippen LogP contribution in [0.2, 0.25) is 0 Å². The molecule has 0 spiro atoms. The molecule has 0 aromatic heterocycles. The summed E-state index contributed by atoms with van der Waals surface area (Å²) in [6.45, 7) is 1.40. The molecule has 132 valence electrons. The summed E-state index contributed by atoms with van der Waals surface area (Å²) in [5.41, 5.74) is 0.968. The molecule has 0 saturated heterocycles. The van der Waals surface area contributed by atoms with E-state index in [4.69, 9.17) is 14.2 Å². The predicted octanol–water partition coefficient (Wildman–Crippen LogP) is 1.79. The Morgan fingerprint density at radius 2 is 1.74 bits per heavy atom. The van der Waals surface area contributed by atoms with Crippen LogP contribution < -0.4 is 24.8 Å². The Balaban J connectivity index is 0.00000484. The van der Waals surface area contributed by atoms with Crippen molar-refractivity contribution in [3.63, 3.8) is 0 Å². The van der Waals surface area contributed by atoms with Gasteiger partial charge in [-0.2, -0.15) is 0 Å². The van der Waals surface area contributed by atoms with Crippen molar-refractivity contribution < 1.29 is 19.0 Å². The molecule has 0 unspecified atom stereocenters. The van der Waals surface area contributed by atoms with E-state index in [-0.39, 0.29) is 18.3 Å². The molecule has 7 heteroatoms. The first-order chi connectivity index (χ1) is 10.7. The van der Waals surface area contributed by atoms with Gasteiger partial charge in [0.1, 0.15) is 0 Å². The molecule has 0 fully saturated rings. The minimum atomic E-state index is 0. The van der Waals surface area contributed by atoms with Crippen molar-refractivity contribution in [1.29, 1.82) is 0 Å². The second kappa shape index (κ2) is 11.8. The molecule has 6 nitrogen and oxygen atoms in total. The minimum Gasteiger partial charge on any atom is -0.493 e. The van der Waals surface area contributed by atoms with Gasteiger partial charge >= 0.3 is 0 Å². The van der Waals surface area contributed by atoms with Gasteiger partial charge in [0.2, 0.25) is 11.7 Å². The van der Waals surface area contributed by atoms with Crippen molar-refractivity contribution in [3.05, 3.63) is 17.7 Å². The maximum Gasteiger partial charge on any atom is 0.220 e. The average Bonchev–Trinajstić information content (AvgIpc) is 2.54. The van der Waals surface area contributed by atoms with Gasteiger partial charge < -0.3 is 24.8 Å². The van der Waals surface area contributed by atoms with Crippen LogP contribution in [0.1, 0.15) is 18.4 Å². The molecule has 0 aliphatic carbocycles. The Labute approximate surface area is 144 Å². The largest absolute Gasteiger partial charge is 0.493 e. The Morgan fingerprint density at radius 3 is 2.30 bits per heavy atom. The normalized spacial score (nSPS) is 9.74. The first-order valence-electron chi connectivity index (χ1n) is 7.37. The highest BCUT2D eigenvalue weighted by atomic mass is 35.5. The fraction of sp³-hybridized carbons (Fsp3) is 0.562. The van der Waals surface area contributed by atoms with Crippen molar-refractivity contribution in [2.24, 2.45) is 0 Å². The summed E-state index contributed by atoms with van der Waals surface area (Å²) < 4.78 is 16.0. The van der Waals surface area contributed by atoms with Crippen molar-refractivity contribution >= 4 is 18.3 Å². The van der Waals surface area contributed by atoms with Crippen LogP contribution in [0.15, 0.2) is 12.1 Å². The van der Waals surface area contributed by atoms with E-state index in [1.54, 1.807) is 21.3 Å². The maximum absolute atomic E-state index is 11.7. The Bertz CT molecular complexity index is 483. The van der Waals surface area contributed by atoms with Crippen LogP contribution in [0, 0.1) is 0 Å². The standard InChI is InChI=1S/C16H26N2O4.ClH/c1-17-10-5-6-14(19)18-11-9-12-7-8-13(20-2)16(22-4)15(12)21-3;/h7-8,17H,5-6,9-11H2,1-4H3,(H,18,19);1H. The van der Waals surface area contributed by atoms with Crippen molar-refractivity contribution in [1.82, 2.24) is 10.6 Å². The zero-order valence-corrected chi connectivity index (χ0v) is 15.0. The number of hydrogen-bond donors (Lipinski definition) is 2. The number of ether oxygens (including phenoxy) is 3. The third-order valence-electron chi connectivity index (χ3n) is 3.33. The molecule has 0 saturated carbocycles. The number of benzene rings is 1. The van der Waals surface area contributed by atoms with E-state index in [0.29, 0.717) is 36.6 Å². The number of nitrogens with one attached hydrogen (secondary N) is 2. The van der Waals surface area contributed by atoms with E-state index in [2.05, 4.69) is 10.6 Å². The van der Waals surface area contributed by atoms with Crippen LogP contribution in [-0.2, 0) is 11.2 Å². The SMILES string of the molecule is CNCCCC(=O)NCCc1ccc(OC)c(OC)c1OC.Cl. The molecule has 1 aromatic carbocycles. The average molecular weight is 347 g/mol. The van der Waals surface area contributed by atoms with Crippen LogP contribution in [0.5, 0.6) is 17.2 Å². The predicted molar refractivity (Wildman–Crippen MR) is 93.2 cm³/mol. The molecule has 0 heterocycles. The van der Waals surface area contributed by atoms with E-state index in [9.17, 15) is 4.79 Å². The number of halogens is 1. The maximum atomic E-state index is 11.7. The van der Waals surface area contributed by atoms with Gasteiger partial charge in [0, 0.05) is 18.5 Å². The highest BCUT2D eigenvalue weighted by Gasteiger charge is 2.15. The molecule has 23 heavy (non-hydrogen) atoms. The zero-order valence-electron chi connectivity index (χ0n) is 14.2. The molecule has 0 bridgehead atoms. The fourth-order valence-electron chi connectivity index (χ4n) is 2.21. The van der Waals surface area contributed by atoms with Gasteiger partial charge in [-0.05, 0) is 32.5 Å². The number of hydrogen-bond acceptors (Lipinski definition) is 5. The van der Waals surface area contributed by atoms with E-state index in [0.717, 1.165) is 18.5 Å². The van der Waals surface area contributed by atoms with Crippen LogP contribution in [0.3, 0.4) is 0 Å². The lowest BCUT2D eigenvalue weighted by Gasteiger charge is -2.15. The summed E-state index contributed by atoms with van der Waals surface area (Å²) in [7, 11) is 6.63. The number of rotatable bonds is 10. The summed E-state index contributed by atoms with van der Waals surface area (Å²) in [5.74, 6) is 1.91. The molecular formula is C16H27ClN2O4. The molecule has 1 rings (SSSR count). The molecular weight excluding hydrogens is 320 g/mol. The van der Waals surface area contributed by atoms with Gasteiger partial charge in [-0.3, -0.25) is 4.79 Å². The summed E-state index contributed by atoms with van der Waals surface area (Å²) in [6.07, 6.45) is 2.03. The van der Waals surface area contributed by atoms with Gasteiger partial charge in [0.25, 0.3) is 0 Å². The lowest BCUT2D eigenvalue weighted by atomic mass is 10.1. The van der Waals surface area contributed by atoms with Crippen LogP contribution in [0.4, 0.5) is 0 Å². The van der Waals surface area contributed by atoms with Crippen LogP contribution >= 0.6 is 12.4 Å². The Hall–Kier alpha value is -1.66. The lowest BCUT2D eigenvalue weighted by molar-refractivity contribution is -0.121.